The quantitative estimate of drug-likeness (QED) is 0.819. The third-order valence-corrected chi connectivity index (χ3v) is 5.48. The summed E-state index contributed by atoms with van der Waals surface area (Å²) < 4.78 is 0. The van der Waals surface area contributed by atoms with E-state index in [1.54, 1.807) is 0 Å². The predicted octanol–water partition coefficient (Wildman–Crippen LogP) is 2.84. The summed E-state index contributed by atoms with van der Waals surface area (Å²) >= 11 is 0. The Morgan fingerprint density at radius 2 is 2.05 bits per heavy atom. The molecule has 4 unspecified atom stereocenters. The maximum absolute atomic E-state index is 12.1. The normalized spacial score (nSPS) is 33.9. The van der Waals surface area contributed by atoms with Crippen LogP contribution < -0.4 is 10.6 Å². The number of nitrogens with one attached hydrogen (secondary N) is 2. The molecule has 0 bridgehead atoms. The van der Waals surface area contributed by atoms with Crippen molar-refractivity contribution in [3.63, 3.8) is 0 Å². The van der Waals surface area contributed by atoms with Crippen molar-refractivity contribution in [3.05, 3.63) is 0 Å². The van der Waals surface area contributed by atoms with Gasteiger partial charge in [-0.2, -0.15) is 0 Å². The van der Waals surface area contributed by atoms with Crippen LogP contribution in [0.15, 0.2) is 0 Å². The standard InChI is InChI=1S/C17H33N3O/c1-4-9-20-10-8-15(12-20)11-18-17(21)19-16-7-5-6-13(2)14(16)3/h13-16H,4-12H2,1-3H3,(H2,18,19,21). The van der Waals surface area contributed by atoms with Gasteiger partial charge in [-0.1, -0.05) is 33.6 Å². The molecule has 1 heterocycles. The van der Waals surface area contributed by atoms with Crippen LogP contribution in [-0.4, -0.2) is 43.2 Å². The summed E-state index contributed by atoms with van der Waals surface area (Å²) in [7, 11) is 0. The molecule has 1 aliphatic carbocycles. The van der Waals surface area contributed by atoms with E-state index < -0.39 is 0 Å². The average Bonchev–Trinajstić information content (AvgIpc) is 2.90. The molecule has 0 radical (unpaired) electrons. The van der Waals surface area contributed by atoms with Crippen molar-refractivity contribution >= 4 is 6.03 Å². The van der Waals surface area contributed by atoms with E-state index in [0.29, 0.717) is 17.9 Å². The van der Waals surface area contributed by atoms with Gasteiger partial charge in [0.1, 0.15) is 0 Å². The second kappa shape index (κ2) is 8.02. The number of rotatable bonds is 5. The summed E-state index contributed by atoms with van der Waals surface area (Å²) in [5, 5.41) is 6.29. The first-order chi connectivity index (χ1) is 10.1. The SMILES string of the molecule is CCCN1CCC(CNC(=O)NC2CCCC(C)C2C)C1. The van der Waals surface area contributed by atoms with E-state index >= 15 is 0 Å². The number of nitrogens with zero attached hydrogens (tertiary/aromatic N) is 1. The lowest BCUT2D eigenvalue weighted by molar-refractivity contribution is 0.194. The Morgan fingerprint density at radius 1 is 1.24 bits per heavy atom. The highest BCUT2D eigenvalue weighted by molar-refractivity contribution is 5.74. The summed E-state index contributed by atoms with van der Waals surface area (Å²) in [6.07, 6.45) is 6.11. The number of hydrogen-bond acceptors (Lipinski definition) is 2. The second-order valence-electron chi connectivity index (χ2n) is 7.18. The van der Waals surface area contributed by atoms with Gasteiger partial charge in [0.2, 0.25) is 0 Å². The molecule has 4 heteroatoms. The molecule has 0 aromatic carbocycles. The van der Waals surface area contributed by atoms with Crippen molar-refractivity contribution < 1.29 is 4.79 Å². The molecule has 2 aliphatic rings. The van der Waals surface area contributed by atoms with Crippen LogP contribution in [0.5, 0.6) is 0 Å². The Kier molecular flexibility index (Phi) is 6.34. The van der Waals surface area contributed by atoms with Crippen LogP contribution in [-0.2, 0) is 0 Å². The van der Waals surface area contributed by atoms with Gasteiger partial charge in [-0.15, -0.1) is 0 Å². The topological polar surface area (TPSA) is 44.4 Å². The van der Waals surface area contributed by atoms with Crippen LogP contribution in [0.1, 0.15) is 52.9 Å². The van der Waals surface area contributed by atoms with Crippen LogP contribution >= 0.6 is 0 Å². The molecule has 1 saturated carbocycles. The largest absolute Gasteiger partial charge is 0.338 e. The molecule has 2 amide bonds. The molecule has 0 aromatic heterocycles. The molecule has 2 fully saturated rings. The summed E-state index contributed by atoms with van der Waals surface area (Å²) in [5.41, 5.74) is 0. The fourth-order valence-electron chi connectivity index (χ4n) is 3.84. The lowest BCUT2D eigenvalue weighted by atomic mass is 9.78. The summed E-state index contributed by atoms with van der Waals surface area (Å²) in [6.45, 7) is 11.2. The van der Waals surface area contributed by atoms with Crippen LogP contribution in [0.3, 0.4) is 0 Å². The smallest absolute Gasteiger partial charge is 0.315 e. The molecular weight excluding hydrogens is 262 g/mol. The molecule has 4 nitrogen and oxygen atoms in total. The molecule has 122 valence electrons. The summed E-state index contributed by atoms with van der Waals surface area (Å²) in [4.78, 5) is 14.6. The minimum atomic E-state index is 0.0369. The fourth-order valence-corrected chi connectivity index (χ4v) is 3.84. The zero-order valence-electron chi connectivity index (χ0n) is 14.0. The maximum atomic E-state index is 12.1. The molecule has 0 aromatic rings. The van der Waals surface area contributed by atoms with Crippen LogP contribution in [0.4, 0.5) is 4.79 Å². The minimum absolute atomic E-state index is 0.0369. The van der Waals surface area contributed by atoms with Gasteiger partial charge in [0.15, 0.2) is 0 Å². The molecule has 2 N–H and O–H groups in total. The first-order valence-electron chi connectivity index (χ1n) is 8.86. The van der Waals surface area contributed by atoms with Crippen molar-refractivity contribution in [3.8, 4) is 0 Å². The Balaban J connectivity index is 1.66. The van der Waals surface area contributed by atoms with Gasteiger partial charge >= 0.3 is 6.03 Å². The van der Waals surface area contributed by atoms with E-state index in [1.807, 2.05) is 0 Å². The van der Waals surface area contributed by atoms with Gasteiger partial charge in [0, 0.05) is 19.1 Å². The van der Waals surface area contributed by atoms with Gasteiger partial charge < -0.3 is 15.5 Å². The zero-order chi connectivity index (χ0) is 15.2. The third-order valence-electron chi connectivity index (χ3n) is 5.48. The van der Waals surface area contributed by atoms with Crippen LogP contribution in [0.25, 0.3) is 0 Å². The molecule has 1 aliphatic heterocycles. The minimum Gasteiger partial charge on any atom is -0.338 e. The summed E-state index contributed by atoms with van der Waals surface area (Å²) in [6, 6.07) is 0.392. The van der Waals surface area contributed by atoms with E-state index in [0.717, 1.165) is 25.4 Å². The maximum Gasteiger partial charge on any atom is 0.315 e. The molecule has 1 saturated heterocycles. The first kappa shape index (κ1) is 16.6. The van der Waals surface area contributed by atoms with Gasteiger partial charge in [-0.25, -0.2) is 4.79 Å². The van der Waals surface area contributed by atoms with E-state index in [9.17, 15) is 4.79 Å². The number of likely N-dealkylation sites (tertiary alicyclic amines) is 1. The van der Waals surface area contributed by atoms with Crippen molar-refractivity contribution in [2.45, 2.75) is 58.9 Å². The zero-order valence-corrected chi connectivity index (χ0v) is 14.0. The van der Waals surface area contributed by atoms with Gasteiger partial charge in [0.05, 0.1) is 0 Å². The number of carbonyl (C=O) groups excluding carboxylic acids is 1. The van der Waals surface area contributed by atoms with Crippen molar-refractivity contribution in [1.82, 2.24) is 15.5 Å². The van der Waals surface area contributed by atoms with Crippen LogP contribution in [0, 0.1) is 17.8 Å². The van der Waals surface area contributed by atoms with E-state index in [4.69, 9.17) is 0 Å². The summed E-state index contributed by atoms with van der Waals surface area (Å²) in [5.74, 6) is 1.95. The van der Waals surface area contributed by atoms with E-state index in [2.05, 4.69) is 36.3 Å². The second-order valence-corrected chi connectivity index (χ2v) is 7.18. The molecular formula is C17H33N3O. The number of carbonyl (C=O) groups is 1. The van der Waals surface area contributed by atoms with Crippen LogP contribution in [0.2, 0.25) is 0 Å². The van der Waals surface area contributed by atoms with Crippen molar-refractivity contribution in [1.29, 1.82) is 0 Å². The van der Waals surface area contributed by atoms with E-state index in [-0.39, 0.29) is 6.03 Å². The highest BCUT2D eigenvalue weighted by Crippen LogP contribution is 2.29. The Bertz CT molecular complexity index is 334. The van der Waals surface area contributed by atoms with Gasteiger partial charge in [0.25, 0.3) is 0 Å². The number of urea groups is 1. The van der Waals surface area contributed by atoms with Crippen molar-refractivity contribution in [2.24, 2.45) is 17.8 Å². The lowest BCUT2D eigenvalue weighted by Gasteiger charge is -2.34. The van der Waals surface area contributed by atoms with Gasteiger partial charge in [-0.3, -0.25) is 0 Å². The highest BCUT2D eigenvalue weighted by atomic mass is 16.2. The first-order valence-corrected chi connectivity index (χ1v) is 8.86. The fraction of sp³-hybridized carbons (Fsp3) is 0.941. The lowest BCUT2D eigenvalue weighted by Crippen LogP contribution is -2.48. The molecule has 2 rings (SSSR count). The van der Waals surface area contributed by atoms with Gasteiger partial charge in [-0.05, 0) is 50.1 Å². The Morgan fingerprint density at radius 3 is 2.81 bits per heavy atom. The predicted molar refractivity (Wildman–Crippen MR) is 87.3 cm³/mol. The highest BCUT2D eigenvalue weighted by Gasteiger charge is 2.28. The number of hydrogen-bond donors (Lipinski definition) is 2. The molecule has 4 atom stereocenters. The Labute approximate surface area is 130 Å². The Hall–Kier alpha value is -0.770. The molecule has 0 spiro atoms. The van der Waals surface area contributed by atoms with Crippen molar-refractivity contribution in [2.75, 3.05) is 26.2 Å². The third kappa shape index (κ3) is 4.87. The average molecular weight is 295 g/mol. The monoisotopic (exact) mass is 295 g/mol. The van der Waals surface area contributed by atoms with E-state index in [1.165, 1.54) is 38.8 Å². The molecule has 21 heavy (non-hydrogen) atoms. The number of amides is 2.